The molecule has 0 bridgehead atoms. The van der Waals surface area contributed by atoms with E-state index in [1.54, 1.807) is 30.3 Å². The molecule has 0 saturated heterocycles. The fourth-order valence-corrected chi connectivity index (χ4v) is 2.39. The number of carbonyl (C=O) groups excluding carboxylic acids is 2. The third-order valence-corrected chi connectivity index (χ3v) is 3.67. The number of amides is 1. The number of ether oxygens (including phenoxy) is 2. The maximum Gasteiger partial charge on any atom is 0.342 e. The van der Waals surface area contributed by atoms with Crippen LogP contribution in [0.15, 0.2) is 48.5 Å². The summed E-state index contributed by atoms with van der Waals surface area (Å²) in [6.07, 6.45) is 0. The molecule has 0 aliphatic carbocycles. The van der Waals surface area contributed by atoms with E-state index in [4.69, 9.17) is 21.1 Å². The maximum atomic E-state index is 12.3. The second-order valence-corrected chi connectivity index (χ2v) is 7.16. The van der Waals surface area contributed by atoms with Crippen molar-refractivity contribution in [3.8, 4) is 5.75 Å². The van der Waals surface area contributed by atoms with Crippen LogP contribution < -0.4 is 10.1 Å². The number of benzene rings is 2. The highest BCUT2D eigenvalue weighted by Crippen LogP contribution is 2.22. The standard InChI is InChI=1S/C20H22ClNO4/c1-20(2,3)22-18(23)13-26-19(24)15-9-5-7-11-17(15)25-12-14-8-4-6-10-16(14)21/h4-11H,12-13H2,1-3H3,(H,22,23). The zero-order valence-electron chi connectivity index (χ0n) is 15.0. The lowest BCUT2D eigenvalue weighted by Gasteiger charge is -2.20. The van der Waals surface area contributed by atoms with Gasteiger partial charge in [-0.2, -0.15) is 0 Å². The Balaban J connectivity index is 2.00. The van der Waals surface area contributed by atoms with Crippen LogP contribution in [0, 0.1) is 0 Å². The number of rotatable bonds is 6. The summed E-state index contributed by atoms with van der Waals surface area (Å²) in [5.41, 5.74) is 0.671. The molecule has 2 rings (SSSR count). The lowest BCUT2D eigenvalue weighted by Crippen LogP contribution is -2.42. The quantitative estimate of drug-likeness (QED) is 0.775. The van der Waals surface area contributed by atoms with Crippen LogP contribution in [0.3, 0.4) is 0 Å². The zero-order valence-corrected chi connectivity index (χ0v) is 15.8. The summed E-state index contributed by atoms with van der Waals surface area (Å²) in [6, 6.07) is 14.0. The van der Waals surface area contributed by atoms with E-state index in [0.717, 1.165) is 5.56 Å². The van der Waals surface area contributed by atoms with Crippen LogP contribution >= 0.6 is 11.6 Å². The van der Waals surface area contributed by atoms with E-state index in [2.05, 4.69) is 5.32 Å². The van der Waals surface area contributed by atoms with Gasteiger partial charge in [0.15, 0.2) is 6.61 Å². The van der Waals surface area contributed by atoms with Crippen molar-refractivity contribution in [3.63, 3.8) is 0 Å². The van der Waals surface area contributed by atoms with Gasteiger partial charge < -0.3 is 14.8 Å². The highest BCUT2D eigenvalue weighted by atomic mass is 35.5. The lowest BCUT2D eigenvalue weighted by molar-refractivity contribution is -0.125. The Morgan fingerprint density at radius 2 is 1.69 bits per heavy atom. The van der Waals surface area contributed by atoms with Gasteiger partial charge in [-0.25, -0.2) is 4.79 Å². The maximum absolute atomic E-state index is 12.3. The molecule has 2 aromatic carbocycles. The minimum atomic E-state index is -0.621. The first-order valence-corrected chi connectivity index (χ1v) is 8.57. The Morgan fingerprint density at radius 1 is 1.04 bits per heavy atom. The highest BCUT2D eigenvalue weighted by Gasteiger charge is 2.18. The zero-order chi connectivity index (χ0) is 19.2. The van der Waals surface area contributed by atoms with Crippen molar-refractivity contribution >= 4 is 23.5 Å². The lowest BCUT2D eigenvalue weighted by atomic mass is 10.1. The first kappa shape index (κ1) is 19.8. The van der Waals surface area contributed by atoms with Crippen molar-refractivity contribution in [1.82, 2.24) is 5.32 Å². The minimum Gasteiger partial charge on any atom is -0.488 e. The molecule has 0 heterocycles. The summed E-state index contributed by atoms with van der Waals surface area (Å²) in [6.45, 7) is 5.42. The first-order valence-electron chi connectivity index (χ1n) is 8.19. The summed E-state index contributed by atoms with van der Waals surface area (Å²) in [5.74, 6) is -0.613. The Bertz CT molecular complexity index is 783. The molecule has 0 aromatic heterocycles. The summed E-state index contributed by atoms with van der Waals surface area (Å²) in [7, 11) is 0. The number of para-hydroxylation sites is 1. The first-order chi connectivity index (χ1) is 12.3. The van der Waals surface area contributed by atoms with Crippen molar-refractivity contribution in [1.29, 1.82) is 0 Å². The molecule has 1 N–H and O–H groups in total. The minimum absolute atomic E-state index is 0.217. The van der Waals surface area contributed by atoms with Gasteiger partial charge in [-0.05, 0) is 39.0 Å². The Hall–Kier alpha value is -2.53. The number of esters is 1. The van der Waals surface area contributed by atoms with Gasteiger partial charge in [-0.15, -0.1) is 0 Å². The fourth-order valence-electron chi connectivity index (χ4n) is 2.20. The van der Waals surface area contributed by atoms with E-state index in [1.807, 2.05) is 39.0 Å². The van der Waals surface area contributed by atoms with Crippen molar-refractivity contribution in [2.24, 2.45) is 0 Å². The van der Waals surface area contributed by atoms with Gasteiger partial charge in [0.2, 0.25) is 0 Å². The van der Waals surface area contributed by atoms with E-state index in [-0.39, 0.29) is 30.2 Å². The molecule has 26 heavy (non-hydrogen) atoms. The Kier molecular flexibility index (Phi) is 6.64. The van der Waals surface area contributed by atoms with Gasteiger partial charge in [0, 0.05) is 16.1 Å². The molecule has 0 saturated carbocycles. The third-order valence-electron chi connectivity index (χ3n) is 3.30. The molecule has 0 atom stereocenters. The van der Waals surface area contributed by atoms with Crippen molar-refractivity contribution in [2.45, 2.75) is 32.9 Å². The Morgan fingerprint density at radius 3 is 2.38 bits per heavy atom. The average molecular weight is 376 g/mol. The molecule has 0 unspecified atom stereocenters. The summed E-state index contributed by atoms with van der Waals surface area (Å²) < 4.78 is 10.8. The van der Waals surface area contributed by atoms with Gasteiger partial charge in [-0.1, -0.05) is 41.9 Å². The Labute approximate surface area is 158 Å². The van der Waals surface area contributed by atoms with Gasteiger partial charge in [0.25, 0.3) is 5.91 Å². The number of carbonyl (C=O) groups is 2. The van der Waals surface area contributed by atoms with E-state index >= 15 is 0 Å². The number of halogens is 1. The molecule has 0 aliphatic rings. The predicted octanol–water partition coefficient (Wildman–Crippen LogP) is 3.99. The summed E-state index contributed by atoms with van der Waals surface area (Å²) >= 11 is 6.11. The third kappa shape index (κ3) is 6.08. The molecule has 1 amide bonds. The van der Waals surface area contributed by atoms with Gasteiger partial charge in [0.1, 0.15) is 17.9 Å². The average Bonchev–Trinajstić information content (AvgIpc) is 2.58. The molecular weight excluding hydrogens is 354 g/mol. The monoisotopic (exact) mass is 375 g/mol. The molecule has 5 nitrogen and oxygen atoms in total. The van der Waals surface area contributed by atoms with E-state index in [0.29, 0.717) is 10.8 Å². The topological polar surface area (TPSA) is 64.6 Å². The van der Waals surface area contributed by atoms with Crippen LogP contribution in [0.25, 0.3) is 0 Å². The van der Waals surface area contributed by atoms with E-state index in [1.165, 1.54) is 0 Å². The summed E-state index contributed by atoms with van der Waals surface area (Å²) in [4.78, 5) is 24.1. The van der Waals surface area contributed by atoms with Crippen molar-refractivity contribution < 1.29 is 19.1 Å². The molecule has 0 fully saturated rings. The van der Waals surface area contributed by atoms with Crippen LogP contribution in [-0.4, -0.2) is 24.0 Å². The van der Waals surface area contributed by atoms with Crippen LogP contribution in [-0.2, 0) is 16.1 Å². The van der Waals surface area contributed by atoms with Crippen molar-refractivity contribution in [3.05, 3.63) is 64.7 Å². The van der Waals surface area contributed by atoms with Crippen molar-refractivity contribution in [2.75, 3.05) is 6.61 Å². The fraction of sp³-hybridized carbons (Fsp3) is 0.300. The number of hydrogen-bond acceptors (Lipinski definition) is 4. The number of nitrogens with one attached hydrogen (secondary N) is 1. The van der Waals surface area contributed by atoms with Crippen LogP contribution in [0.4, 0.5) is 0 Å². The van der Waals surface area contributed by atoms with Crippen LogP contribution in [0.1, 0.15) is 36.7 Å². The number of hydrogen-bond donors (Lipinski definition) is 1. The van der Waals surface area contributed by atoms with E-state index < -0.39 is 5.97 Å². The molecule has 138 valence electrons. The molecule has 0 spiro atoms. The molecule has 2 aromatic rings. The molecule has 0 radical (unpaired) electrons. The second kappa shape index (κ2) is 8.72. The van der Waals surface area contributed by atoms with E-state index in [9.17, 15) is 9.59 Å². The summed E-state index contributed by atoms with van der Waals surface area (Å²) in [5, 5.41) is 3.32. The predicted molar refractivity (Wildman–Crippen MR) is 100 cm³/mol. The smallest absolute Gasteiger partial charge is 0.342 e. The van der Waals surface area contributed by atoms with Gasteiger partial charge in [0.05, 0.1) is 0 Å². The highest BCUT2D eigenvalue weighted by molar-refractivity contribution is 6.31. The molecule has 0 aliphatic heterocycles. The van der Waals surface area contributed by atoms with Gasteiger partial charge >= 0.3 is 5.97 Å². The SMILES string of the molecule is CC(C)(C)NC(=O)COC(=O)c1ccccc1OCc1ccccc1Cl. The second-order valence-electron chi connectivity index (χ2n) is 6.75. The molecule has 6 heteroatoms. The largest absolute Gasteiger partial charge is 0.488 e. The van der Waals surface area contributed by atoms with Crippen LogP contribution in [0.2, 0.25) is 5.02 Å². The molecular formula is C20H22ClNO4. The van der Waals surface area contributed by atoms with Gasteiger partial charge in [-0.3, -0.25) is 4.79 Å². The van der Waals surface area contributed by atoms with Crippen LogP contribution in [0.5, 0.6) is 5.75 Å². The normalized spacial score (nSPS) is 10.9.